The van der Waals surface area contributed by atoms with Gasteiger partial charge in [0.25, 0.3) is 0 Å². The summed E-state index contributed by atoms with van der Waals surface area (Å²) in [6.45, 7) is 2.00. The normalized spacial score (nSPS) is 11.9. The Labute approximate surface area is 103 Å². The predicted octanol–water partition coefficient (Wildman–Crippen LogP) is 1.28. The van der Waals surface area contributed by atoms with Crippen molar-refractivity contribution in [2.75, 3.05) is 25.4 Å². The molecule has 0 aromatic rings. The van der Waals surface area contributed by atoms with Crippen LogP contribution in [-0.4, -0.2) is 38.4 Å². The van der Waals surface area contributed by atoms with Crippen LogP contribution in [0.2, 0.25) is 0 Å². The van der Waals surface area contributed by atoms with Crippen LogP contribution in [0.4, 0.5) is 0 Å². The van der Waals surface area contributed by atoms with Gasteiger partial charge in [0.1, 0.15) is 0 Å². The number of thiol groups is 1. The van der Waals surface area contributed by atoms with E-state index in [0.717, 1.165) is 44.5 Å². The highest BCUT2D eigenvalue weighted by atomic mass is 32.3. The van der Waals surface area contributed by atoms with E-state index in [9.17, 15) is 8.42 Å². The monoisotopic (exact) mass is 271 g/mol. The molecule has 0 unspecified atom stereocenters. The highest BCUT2D eigenvalue weighted by molar-refractivity contribution is 7.80. The Morgan fingerprint density at radius 3 is 2.31 bits per heavy atom. The quantitative estimate of drug-likeness (QED) is 0.300. The lowest BCUT2D eigenvalue weighted by molar-refractivity contribution is 0.261. The number of rotatable bonds is 11. The highest BCUT2D eigenvalue weighted by Crippen LogP contribution is 2.03. The summed E-state index contributed by atoms with van der Waals surface area (Å²) < 4.78 is 32.8. The molecule has 0 fully saturated rings. The van der Waals surface area contributed by atoms with Crippen LogP contribution in [0.1, 0.15) is 32.1 Å². The minimum atomic E-state index is -4.25. The lowest BCUT2D eigenvalue weighted by Gasteiger charge is -2.03. The van der Waals surface area contributed by atoms with Gasteiger partial charge < -0.3 is 5.32 Å². The van der Waals surface area contributed by atoms with E-state index >= 15 is 0 Å². The first-order chi connectivity index (χ1) is 7.56. The lowest BCUT2D eigenvalue weighted by Crippen LogP contribution is -2.17. The molecule has 0 atom stereocenters. The Morgan fingerprint density at radius 1 is 1.06 bits per heavy atom. The molecule has 0 saturated carbocycles. The van der Waals surface area contributed by atoms with Gasteiger partial charge >= 0.3 is 10.4 Å². The number of nitrogens with one attached hydrogen (secondary N) is 1. The van der Waals surface area contributed by atoms with Gasteiger partial charge in [0.2, 0.25) is 0 Å². The summed E-state index contributed by atoms with van der Waals surface area (Å²) in [7, 11) is -4.25. The van der Waals surface area contributed by atoms with Gasteiger partial charge in [-0.1, -0.05) is 19.3 Å². The second-order valence-electron chi connectivity index (χ2n) is 3.49. The molecule has 0 bridgehead atoms. The van der Waals surface area contributed by atoms with Crippen LogP contribution in [0, 0.1) is 0 Å². The standard InChI is InChI=1S/C9H21NO4S2/c11-16(12,13)14-8-5-3-1-2-4-6-10-7-9-15/h10,15H,1-9H2,(H,11,12,13). The number of hydrogen-bond donors (Lipinski definition) is 3. The molecule has 0 amide bonds. The molecule has 2 N–H and O–H groups in total. The van der Waals surface area contributed by atoms with Crippen molar-refractivity contribution >= 4 is 23.0 Å². The first kappa shape index (κ1) is 16.2. The molecule has 0 spiro atoms. The number of hydrogen-bond acceptors (Lipinski definition) is 5. The van der Waals surface area contributed by atoms with Gasteiger partial charge in [0.15, 0.2) is 0 Å². The van der Waals surface area contributed by atoms with Gasteiger partial charge in [-0.15, -0.1) is 0 Å². The van der Waals surface area contributed by atoms with E-state index < -0.39 is 10.4 Å². The van der Waals surface area contributed by atoms with Crippen LogP contribution in [0.25, 0.3) is 0 Å². The van der Waals surface area contributed by atoms with Crippen molar-refractivity contribution in [3.05, 3.63) is 0 Å². The maximum atomic E-state index is 10.2. The third-order valence-electron chi connectivity index (χ3n) is 2.02. The Balaban J connectivity index is 3.05. The van der Waals surface area contributed by atoms with E-state index in [1.807, 2.05) is 0 Å². The molecule has 98 valence electrons. The Morgan fingerprint density at radius 2 is 1.69 bits per heavy atom. The number of unbranched alkanes of at least 4 members (excludes halogenated alkanes) is 4. The molecule has 0 aromatic heterocycles. The van der Waals surface area contributed by atoms with Crippen molar-refractivity contribution in [2.24, 2.45) is 0 Å². The summed E-state index contributed by atoms with van der Waals surface area (Å²) in [5.74, 6) is 0.854. The molecule has 0 aliphatic rings. The van der Waals surface area contributed by atoms with Crippen molar-refractivity contribution in [3.63, 3.8) is 0 Å². The maximum absolute atomic E-state index is 10.2. The van der Waals surface area contributed by atoms with Crippen LogP contribution in [-0.2, 0) is 14.6 Å². The zero-order chi connectivity index (χ0) is 12.3. The summed E-state index contributed by atoms with van der Waals surface area (Å²) >= 11 is 4.08. The van der Waals surface area contributed by atoms with Crippen LogP contribution in [0.5, 0.6) is 0 Å². The van der Waals surface area contributed by atoms with E-state index in [4.69, 9.17) is 4.55 Å². The molecule has 5 nitrogen and oxygen atoms in total. The maximum Gasteiger partial charge on any atom is 0.397 e. The third-order valence-corrected chi connectivity index (χ3v) is 2.71. The Kier molecular flexibility index (Phi) is 10.5. The molecule has 0 radical (unpaired) electrons. The van der Waals surface area contributed by atoms with Crippen LogP contribution < -0.4 is 5.32 Å². The minimum absolute atomic E-state index is 0.0662. The lowest BCUT2D eigenvalue weighted by atomic mass is 10.1. The smallest absolute Gasteiger partial charge is 0.316 e. The van der Waals surface area contributed by atoms with Gasteiger partial charge in [0, 0.05) is 12.3 Å². The first-order valence-electron chi connectivity index (χ1n) is 5.49. The highest BCUT2D eigenvalue weighted by Gasteiger charge is 2.02. The van der Waals surface area contributed by atoms with Crippen LogP contribution >= 0.6 is 12.6 Å². The van der Waals surface area contributed by atoms with Gasteiger partial charge in [0.05, 0.1) is 6.61 Å². The summed E-state index contributed by atoms with van der Waals surface area (Å²) in [6.07, 6.45) is 4.86. The predicted molar refractivity (Wildman–Crippen MR) is 67.3 cm³/mol. The molecule has 0 aromatic carbocycles. The molecule has 0 aliphatic carbocycles. The Bertz CT molecular complexity index is 244. The van der Waals surface area contributed by atoms with Gasteiger partial charge in [-0.05, 0) is 19.4 Å². The average molecular weight is 271 g/mol. The molecular weight excluding hydrogens is 250 g/mol. The van der Waals surface area contributed by atoms with E-state index in [-0.39, 0.29) is 6.61 Å². The van der Waals surface area contributed by atoms with E-state index in [0.29, 0.717) is 6.42 Å². The van der Waals surface area contributed by atoms with Crippen molar-refractivity contribution in [3.8, 4) is 0 Å². The summed E-state index contributed by atoms with van der Waals surface area (Å²) in [4.78, 5) is 0. The van der Waals surface area contributed by atoms with Crippen molar-refractivity contribution < 1.29 is 17.2 Å². The van der Waals surface area contributed by atoms with E-state index in [1.54, 1.807) is 0 Å². The third kappa shape index (κ3) is 14.2. The average Bonchev–Trinajstić information content (AvgIpc) is 2.19. The second kappa shape index (κ2) is 10.3. The molecular formula is C9H21NO4S2. The van der Waals surface area contributed by atoms with Crippen molar-refractivity contribution in [2.45, 2.75) is 32.1 Å². The SMILES string of the molecule is O=S(=O)(O)OCCCCCCCNCCS. The molecule has 7 heteroatoms. The minimum Gasteiger partial charge on any atom is -0.316 e. The van der Waals surface area contributed by atoms with Gasteiger partial charge in [-0.3, -0.25) is 4.55 Å². The second-order valence-corrected chi connectivity index (χ2v) is 5.03. The molecule has 0 rings (SSSR count). The molecule has 0 aliphatic heterocycles. The topological polar surface area (TPSA) is 75.6 Å². The fourth-order valence-electron chi connectivity index (χ4n) is 1.25. The zero-order valence-electron chi connectivity index (χ0n) is 9.39. The summed E-state index contributed by atoms with van der Waals surface area (Å²) in [5.41, 5.74) is 0. The van der Waals surface area contributed by atoms with Crippen molar-refractivity contribution in [1.29, 1.82) is 0 Å². The zero-order valence-corrected chi connectivity index (χ0v) is 11.1. The van der Waals surface area contributed by atoms with Gasteiger partial charge in [-0.2, -0.15) is 21.0 Å². The molecule has 0 saturated heterocycles. The first-order valence-corrected chi connectivity index (χ1v) is 7.49. The molecule has 0 heterocycles. The van der Waals surface area contributed by atoms with Gasteiger partial charge in [-0.25, -0.2) is 4.18 Å². The largest absolute Gasteiger partial charge is 0.397 e. The fraction of sp³-hybridized carbons (Fsp3) is 1.00. The molecule has 16 heavy (non-hydrogen) atoms. The van der Waals surface area contributed by atoms with Crippen molar-refractivity contribution in [1.82, 2.24) is 5.32 Å². The summed E-state index contributed by atoms with van der Waals surface area (Å²) in [5, 5.41) is 3.24. The van der Waals surface area contributed by atoms with Crippen LogP contribution in [0.15, 0.2) is 0 Å². The van der Waals surface area contributed by atoms with Crippen LogP contribution in [0.3, 0.4) is 0 Å². The Hall–Kier alpha value is 0.180. The van der Waals surface area contributed by atoms with E-state index in [2.05, 4.69) is 22.1 Å². The fourth-order valence-corrected chi connectivity index (χ4v) is 1.74. The van der Waals surface area contributed by atoms with E-state index in [1.165, 1.54) is 0 Å². The summed E-state index contributed by atoms with van der Waals surface area (Å²) in [6, 6.07) is 0.